The highest BCUT2D eigenvalue weighted by atomic mass is 35.5. The van der Waals surface area contributed by atoms with Gasteiger partial charge in [0.25, 0.3) is 5.91 Å². The Morgan fingerprint density at radius 1 is 0.973 bits per heavy atom. The van der Waals surface area contributed by atoms with Gasteiger partial charge in [-0.05, 0) is 61.4 Å². The molecule has 1 amide bonds. The van der Waals surface area contributed by atoms with Gasteiger partial charge in [0.05, 0.1) is 11.0 Å². The number of carbonyl (C=O) groups is 1. The molecule has 0 fully saturated rings. The zero-order chi connectivity index (χ0) is 27.0. The summed E-state index contributed by atoms with van der Waals surface area (Å²) in [6.45, 7) is 7.21. The van der Waals surface area contributed by atoms with E-state index in [2.05, 4.69) is 20.0 Å². The van der Waals surface area contributed by atoms with Gasteiger partial charge in [0.1, 0.15) is 21.8 Å². The van der Waals surface area contributed by atoms with Crippen LogP contribution in [0.1, 0.15) is 48.5 Å². The summed E-state index contributed by atoms with van der Waals surface area (Å²) in [5, 5.41) is 3.19. The summed E-state index contributed by atoms with van der Waals surface area (Å²) in [7, 11) is 0. The first-order valence-corrected chi connectivity index (χ1v) is 12.4. The van der Waals surface area contributed by atoms with Gasteiger partial charge in [-0.25, -0.2) is 4.98 Å². The number of ether oxygens (including phenoxy) is 2. The summed E-state index contributed by atoms with van der Waals surface area (Å²) in [5.41, 5.74) is 1.38. The maximum absolute atomic E-state index is 13.0. The van der Waals surface area contributed by atoms with Crippen molar-refractivity contribution in [1.82, 2.24) is 9.97 Å². The first-order valence-electron chi connectivity index (χ1n) is 11.2. The Balaban J connectivity index is 1.68. The van der Waals surface area contributed by atoms with Gasteiger partial charge in [-0.1, -0.05) is 25.4 Å². The monoisotopic (exact) mass is 549 g/mol. The lowest BCUT2D eigenvalue weighted by molar-refractivity contribution is -0.274. The summed E-state index contributed by atoms with van der Waals surface area (Å²) in [6.07, 6.45) is -2.01. The largest absolute Gasteiger partial charge is 0.573 e. The smallest absolute Gasteiger partial charge is 0.491 e. The van der Waals surface area contributed by atoms with Gasteiger partial charge in [-0.2, -0.15) is 0 Å². The Morgan fingerprint density at radius 2 is 1.65 bits per heavy atom. The molecule has 0 aliphatic rings. The van der Waals surface area contributed by atoms with Gasteiger partial charge in [-0.15, -0.1) is 24.5 Å². The Hall–Kier alpha value is -3.37. The zero-order valence-corrected chi connectivity index (χ0v) is 21.9. The molecule has 2 aromatic heterocycles. The second-order valence-corrected chi connectivity index (χ2v) is 10.5. The summed E-state index contributed by atoms with van der Waals surface area (Å²) in [5.74, 6) is -0.511. The Bertz CT molecular complexity index is 1420. The van der Waals surface area contributed by atoms with Crippen molar-refractivity contribution in [3.63, 3.8) is 0 Å². The first-order chi connectivity index (χ1) is 17.3. The van der Waals surface area contributed by atoms with Gasteiger partial charge in [0, 0.05) is 34.6 Å². The van der Waals surface area contributed by atoms with Crippen molar-refractivity contribution in [3.05, 3.63) is 75.9 Å². The van der Waals surface area contributed by atoms with Crippen LogP contribution in [-0.4, -0.2) is 28.3 Å². The molecule has 37 heavy (non-hydrogen) atoms. The van der Waals surface area contributed by atoms with Crippen LogP contribution in [0.3, 0.4) is 0 Å². The molecule has 4 aromatic rings. The summed E-state index contributed by atoms with van der Waals surface area (Å²) >= 11 is 7.60. The van der Waals surface area contributed by atoms with Crippen LogP contribution in [0, 0.1) is 0 Å². The van der Waals surface area contributed by atoms with Gasteiger partial charge in [0.15, 0.2) is 0 Å². The number of thiophene rings is 1. The molecule has 194 valence electrons. The van der Waals surface area contributed by atoms with Crippen LogP contribution in [0.2, 0.25) is 5.02 Å². The minimum absolute atomic E-state index is 0.238. The number of amides is 1. The predicted molar refractivity (Wildman–Crippen MR) is 138 cm³/mol. The highest BCUT2D eigenvalue weighted by Crippen LogP contribution is 2.39. The van der Waals surface area contributed by atoms with Gasteiger partial charge in [0.2, 0.25) is 0 Å². The van der Waals surface area contributed by atoms with Crippen molar-refractivity contribution >= 4 is 44.9 Å². The first kappa shape index (κ1) is 26.7. The van der Waals surface area contributed by atoms with Crippen molar-refractivity contribution < 1.29 is 27.4 Å². The lowest BCUT2D eigenvalue weighted by Crippen LogP contribution is -2.22. The number of halogens is 4. The fourth-order valence-corrected chi connectivity index (χ4v) is 4.82. The molecule has 2 aromatic carbocycles. The number of benzene rings is 2. The van der Waals surface area contributed by atoms with E-state index in [1.54, 1.807) is 56.6 Å². The number of carbonyl (C=O) groups excluding carboxylic acids is 1. The second kappa shape index (κ2) is 10.2. The van der Waals surface area contributed by atoms with Crippen LogP contribution in [0.15, 0.2) is 54.9 Å². The molecule has 0 saturated carbocycles. The minimum atomic E-state index is -4.86. The third-order valence-electron chi connectivity index (χ3n) is 5.47. The maximum Gasteiger partial charge on any atom is 0.573 e. The van der Waals surface area contributed by atoms with E-state index in [0.717, 1.165) is 0 Å². The van der Waals surface area contributed by atoms with Gasteiger partial charge < -0.3 is 14.8 Å². The van der Waals surface area contributed by atoms with E-state index in [9.17, 15) is 18.0 Å². The quantitative estimate of drug-likeness (QED) is 0.257. The zero-order valence-electron chi connectivity index (χ0n) is 20.3. The lowest BCUT2D eigenvalue weighted by Gasteiger charge is -2.28. The third kappa shape index (κ3) is 6.50. The number of anilines is 1. The second-order valence-electron chi connectivity index (χ2n) is 9.07. The molecule has 0 aliphatic carbocycles. The van der Waals surface area contributed by atoms with Crippen LogP contribution in [0.5, 0.6) is 11.5 Å². The van der Waals surface area contributed by atoms with E-state index < -0.39 is 17.5 Å². The van der Waals surface area contributed by atoms with E-state index >= 15 is 0 Å². The molecule has 0 spiro atoms. The molecular weight excluding hydrogens is 527 g/mol. The molecule has 0 atom stereocenters. The number of alkyl halides is 3. The van der Waals surface area contributed by atoms with Crippen LogP contribution < -0.4 is 14.8 Å². The van der Waals surface area contributed by atoms with Crippen molar-refractivity contribution in [1.29, 1.82) is 0 Å². The van der Waals surface area contributed by atoms with Crippen LogP contribution in [0.25, 0.3) is 10.3 Å². The number of hydrogen-bond donors (Lipinski definition) is 1. The molecule has 0 saturated heterocycles. The average molecular weight is 550 g/mol. The normalized spacial score (nSPS) is 12.1. The molecule has 11 heteroatoms. The molecular formula is C26H23ClF3N3O3S. The van der Waals surface area contributed by atoms with Crippen LogP contribution in [0.4, 0.5) is 18.9 Å². The van der Waals surface area contributed by atoms with Crippen molar-refractivity contribution in [2.75, 3.05) is 5.32 Å². The molecule has 0 unspecified atom stereocenters. The fraction of sp³-hybridized carbons (Fsp3) is 0.269. The molecule has 0 radical (unpaired) electrons. The van der Waals surface area contributed by atoms with E-state index in [4.69, 9.17) is 16.3 Å². The Morgan fingerprint density at radius 3 is 2.32 bits per heavy atom. The Kier molecular flexibility index (Phi) is 7.34. The average Bonchev–Trinajstić information content (AvgIpc) is 3.21. The summed E-state index contributed by atoms with van der Waals surface area (Å²) < 4.78 is 48.9. The SMILES string of the molecule is CC(C)Oc1cc(OC(F)(F)F)cc(C(C)(C)c2cc(Cl)cc(NC(=O)c3cc4nccnc4s3)c2)c1. The highest BCUT2D eigenvalue weighted by molar-refractivity contribution is 7.20. The summed E-state index contributed by atoms with van der Waals surface area (Å²) in [4.78, 5) is 22.4. The molecule has 0 aliphatic heterocycles. The third-order valence-corrected chi connectivity index (χ3v) is 6.72. The van der Waals surface area contributed by atoms with Crippen molar-refractivity contribution in [2.45, 2.75) is 45.6 Å². The van der Waals surface area contributed by atoms with Crippen LogP contribution in [-0.2, 0) is 5.41 Å². The topological polar surface area (TPSA) is 73.3 Å². The van der Waals surface area contributed by atoms with E-state index in [1.807, 2.05) is 13.8 Å². The molecule has 4 rings (SSSR count). The predicted octanol–water partition coefficient (Wildman–Crippen LogP) is 7.61. The van der Waals surface area contributed by atoms with Gasteiger partial charge in [-0.3, -0.25) is 9.78 Å². The maximum atomic E-state index is 13.0. The van der Waals surface area contributed by atoms with Crippen molar-refractivity contribution in [3.8, 4) is 11.5 Å². The van der Waals surface area contributed by atoms with Gasteiger partial charge >= 0.3 is 6.36 Å². The van der Waals surface area contributed by atoms with E-state index in [-0.39, 0.29) is 17.8 Å². The fourth-order valence-electron chi connectivity index (χ4n) is 3.73. The number of aromatic nitrogens is 2. The van der Waals surface area contributed by atoms with E-state index in [1.165, 1.54) is 23.5 Å². The lowest BCUT2D eigenvalue weighted by atomic mass is 9.78. The molecule has 0 bridgehead atoms. The van der Waals surface area contributed by atoms with Crippen molar-refractivity contribution in [2.24, 2.45) is 0 Å². The number of nitrogens with one attached hydrogen (secondary N) is 1. The van der Waals surface area contributed by atoms with E-state index in [0.29, 0.717) is 37.1 Å². The molecule has 6 nitrogen and oxygen atoms in total. The minimum Gasteiger partial charge on any atom is -0.491 e. The molecule has 1 N–H and O–H groups in total. The number of fused-ring (bicyclic) bond motifs is 1. The Labute approximate surface area is 220 Å². The number of hydrogen-bond acceptors (Lipinski definition) is 6. The standard InChI is InChI=1S/C26H23ClF3N3O3S/c1-14(2)35-19-9-16(10-20(12-19)36-26(28,29)30)25(3,4)15-7-17(27)11-18(8-15)33-23(34)22-13-21-24(37-22)32-6-5-31-21/h5-14H,1-4H3,(H,33,34). The molecule has 2 heterocycles. The summed E-state index contributed by atoms with van der Waals surface area (Å²) in [6, 6.07) is 10.9. The number of rotatable bonds is 7. The number of nitrogens with zero attached hydrogens (tertiary/aromatic N) is 2. The highest BCUT2D eigenvalue weighted by Gasteiger charge is 2.33. The van der Waals surface area contributed by atoms with Crippen LogP contribution >= 0.6 is 22.9 Å².